The number of aryl methyl sites for hydroxylation is 1. The van der Waals surface area contributed by atoms with E-state index in [0.717, 1.165) is 12.1 Å². The predicted octanol–water partition coefficient (Wildman–Crippen LogP) is 4.45. The Labute approximate surface area is 171 Å². The molecule has 0 amide bonds. The third-order valence-electron chi connectivity index (χ3n) is 4.87. The van der Waals surface area contributed by atoms with E-state index in [4.69, 9.17) is 15.7 Å². The number of nitrogens with zero attached hydrogens (tertiary/aromatic N) is 2. The van der Waals surface area contributed by atoms with Crippen LogP contribution in [0.1, 0.15) is 44.9 Å². The smallest absolute Gasteiger partial charge is 0.337 e. The average molecular weight is 414 g/mol. The minimum Gasteiger partial charge on any atom is -0.461 e. The molecule has 1 aromatic heterocycles. The molecule has 3 rings (SSSR count). The molecule has 0 fully saturated rings. The third-order valence-corrected chi connectivity index (χ3v) is 4.87. The minimum absolute atomic E-state index is 0.0232. The summed E-state index contributed by atoms with van der Waals surface area (Å²) in [5.41, 5.74) is -0.173. The Balaban J connectivity index is 2.41. The van der Waals surface area contributed by atoms with Gasteiger partial charge in [-0.1, -0.05) is 0 Å². The topological polar surface area (TPSA) is 73.2 Å². The standard InChI is InChI=1S/C22H20F2N2O4/c1-9(2)29-22(28)16-11(4)26-12(5)20(25-6)17(16)13-8-14(23)19(24)18-15(27)7-10(3)30-21(13)18/h7-9,17,20H,1-5H3. The molecule has 0 aliphatic carbocycles. The van der Waals surface area contributed by atoms with Crippen molar-refractivity contribution in [3.05, 3.63) is 68.0 Å². The highest BCUT2D eigenvalue weighted by Crippen LogP contribution is 2.41. The Kier molecular flexibility index (Phi) is 5.57. The van der Waals surface area contributed by atoms with Crippen molar-refractivity contribution >= 4 is 22.7 Å². The van der Waals surface area contributed by atoms with Gasteiger partial charge in [-0.25, -0.2) is 20.1 Å². The highest BCUT2D eigenvalue weighted by molar-refractivity contribution is 6.01. The summed E-state index contributed by atoms with van der Waals surface area (Å²) in [4.78, 5) is 33.1. The minimum atomic E-state index is -1.34. The van der Waals surface area contributed by atoms with E-state index in [9.17, 15) is 18.4 Å². The second-order valence-electron chi connectivity index (χ2n) is 7.44. The summed E-state index contributed by atoms with van der Waals surface area (Å²) >= 11 is 0. The van der Waals surface area contributed by atoms with E-state index in [-0.39, 0.29) is 22.5 Å². The van der Waals surface area contributed by atoms with Gasteiger partial charge in [0, 0.05) is 17.3 Å². The maximum absolute atomic E-state index is 14.5. The maximum atomic E-state index is 14.5. The summed E-state index contributed by atoms with van der Waals surface area (Å²) in [6, 6.07) is 0.948. The summed E-state index contributed by atoms with van der Waals surface area (Å²) in [7, 11) is 0. The summed E-state index contributed by atoms with van der Waals surface area (Å²) in [5, 5.41) is -0.561. The molecule has 6 nitrogen and oxygen atoms in total. The van der Waals surface area contributed by atoms with Crippen LogP contribution in [0.3, 0.4) is 0 Å². The van der Waals surface area contributed by atoms with Crippen molar-refractivity contribution in [2.45, 2.75) is 52.7 Å². The fraction of sp³-hybridized carbons (Fsp3) is 0.364. The van der Waals surface area contributed by atoms with E-state index in [0.29, 0.717) is 11.4 Å². The first-order valence-electron chi connectivity index (χ1n) is 9.32. The van der Waals surface area contributed by atoms with Gasteiger partial charge < -0.3 is 14.0 Å². The van der Waals surface area contributed by atoms with Crippen molar-refractivity contribution in [3.63, 3.8) is 0 Å². The number of benzene rings is 1. The van der Waals surface area contributed by atoms with E-state index in [2.05, 4.69) is 9.84 Å². The Hall–Kier alpha value is -3.34. The van der Waals surface area contributed by atoms with Crippen LogP contribution in [0.5, 0.6) is 0 Å². The molecule has 30 heavy (non-hydrogen) atoms. The zero-order valence-corrected chi connectivity index (χ0v) is 17.2. The molecular formula is C22H20F2N2O4. The van der Waals surface area contributed by atoms with Gasteiger partial charge in [0.2, 0.25) is 0 Å². The Morgan fingerprint density at radius 1 is 1.27 bits per heavy atom. The van der Waals surface area contributed by atoms with Gasteiger partial charge in [0.1, 0.15) is 22.6 Å². The first-order chi connectivity index (χ1) is 14.1. The predicted molar refractivity (Wildman–Crippen MR) is 107 cm³/mol. The zero-order chi connectivity index (χ0) is 22.3. The number of halogens is 2. The fourth-order valence-electron chi connectivity index (χ4n) is 3.70. The van der Waals surface area contributed by atoms with E-state index in [1.54, 1.807) is 27.7 Å². The van der Waals surface area contributed by atoms with Crippen LogP contribution < -0.4 is 5.43 Å². The molecule has 156 valence electrons. The number of hydrogen-bond acceptors (Lipinski definition) is 5. The molecule has 2 heterocycles. The van der Waals surface area contributed by atoms with E-state index in [1.165, 1.54) is 6.92 Å². The van der Waals surface area contributed by atoms with Crippen LogP contribution in [0.2, 0.25) is 0 Å². The number of rotatable bonds is 3. The van der Waals surface area contributed by atoms with Crippen molar-refractivity contribution in [3.8, 4) is 0 Å². The number of ether oxygens (including phenoxy) is 1. The second kappa shape index (κ2) is 7.82. The fourth-order valence-corrected chi connectivity index (χ4v) is 3.70. The lowest BCUT2D eigenvalue weighted by atomic mass is 9.79. The zero-order valence-electron chi connectivity index (χ0n) is 17.2. The number of allylic oxidation sites excluding steroid dienone is 1. The van der Waals surface area contributed by atoms with Crippen molar-refractivity contribution in [1.82, 2.24) is 0 Å². The number of fused-ring (bicyclic) bond motifs is 1. The van der Waals surface area contributed by atoms with Gasteiger partial charge in [0.25, 0.3) is 6.04 Å². The van der Waals surface area contributed by atoms with Gasteiger partial charge in [-0.3, -0.25) is 9.79 Å². The molecule has 2 unspecified atom stereocenters. The van der Waals surface area contributed by atoms with Crippen molar-refractivity contribution in [2.75, 3.05) is 0 Å². The lowest BCUT2D eigenvalue weighted by molar-refractivity contribution is -0.143. The molecule has 1 aliphatic heterocycles. The molecule has 0 radical (unpaired) electrons. The van der Waals surface area contributed by atoms with Crippen molar-refractivity contribution in [2.24, 2.45) is 4.99 Å². The summed E-state index contributed by atoms with van der Waals surface area (Å²) in [5.74, 6) is -4.19. The van der Waals surface area contributed by atoms with Gasteiger partial charge in [-0.2, -0.15) is 0 Å². The van der Waals surface area contributed by atoms with Crippen molar-refractivity contribution < 1.29 is 22.7 Å². The number of aliphatic imine (C=N–C) groups is 1. The molecule has 0 saturated carbocycles. The second-order valence-corrected chi connectivity index (χ2v) is 7.44. The molecule has 0 saturated heterocycles. The number of esters is 1. The van der Waals surface area contributed by atoms with Gasteiger partial charge in [0.15, 0.2) is 17.1 Å². The van der Waals surface area contributed by atoms with Crippen molar-refractivity contribution in [1.29, 1.82) is 0 Å². The number of carbonyl (C=O) groups is 1. The van der Waals surface area contributed by atoms with Gasteiger partial charge >= 0.3 is 5.97 Å². The third kappa shape index (κ3) is 3.52. The van der Waals surface area contributed by atoms with Crippen LogP contribution in [-0.2, 0) is 9.53 Å². The SMILES string of the molecule is [C-]#[N+]C1C(C)=NC(C)=C(C(=O)OC(C)C)C1c1cc(F)c(F)c2c(=O)cc(C)oc12. The lowest BCUT2D eigenvalue weighted by Gasteiger charge is -2.27. The highest BCUT2D eigenvalue weighted by Gasteiger charge is 2.44. The summed E-state index contributed by atoms with van der Waals surface area (Å²) < 4.78 is 39.9. The molecule has 8 heteroatoms. The molecular weight excluding hydrogens is 394 g/mol. The Bertz CT molecular complexity index is 1220. The van der Waals surface area contributed by atoms with Crippen LogP contribution in [0.25, 0.3) is 15.8 Å². The molecule has 0 spiro atoms. The Morgan fingerprint density at radius 3 is 2.53 bits per heavy atom. The Morgan fingerprint density at radius 2 is 1.93 bits per heavy atom. The molecule has 1 aromatic carbocycles. The quantitative estimate of drug-likeness (QED) is 0.549. The molecule has 2 atom stereocenters. The molecule has 2 aromatic rings. The highest BCUT2D eigenvalue weighted by atomic mass is 19.2. The largest absolute Gasteiger partial charge is 0.461 e. The monoisotopic (exact) mass is 414 g/mol. The normalized spacial score (nSPS) is 19.1. The van der Waals surface area contributed by atoms with Crippen LogP contribution in [0.15, 0.2) is 37.6 Å². The van der Waals surface area contributed by atoms with E-state index in [1.807, 2.05) is 0 Å². The van der Waals surface area contributed by atoms with Gasteiger partial charge in [-0.05, 0) is 40.7 Å². The lowest BCUT2D eigenvalue weighted by Crippen LogP contribution is -2.33. The number of hydrogen-bond donors (Lipinski definition) is 0. The first kappa shape index (κ1) is 21.4. The van der Waals surface area contributed by atoms with Gasteiger partial charge in [-0.15, -0.1) is 0 Å². The van der Waals surface area contributed by atoms with E-state index < -0.39 is 46.5 Å². The first-order valence-corrected chi connectivity index (χ1v) is 9.32. The average Bonchev–Trinajstić information content (AvgIpc) is 2.62. The summed E-state index contributed by atoms with van der Waals surface area (Å²) in [6.45, 7) is 15.7. The maximum Gasteiger partial charge on any atom is 0.337 e. The molecule has 0 bridgehead atoms. The van der Waals surface area contributed by atoms with Gasteiger partial charge in [0.05, 0.1) is 17.4 Å². The molecule has 0 N–H and O–H groups in total. The molecule has 1 aliphatic rings. The summed E-state index contributed by atoms with van der Waals surface area (Å²) in [6.07, 6.45) is -0.446. The van der Waals surface area contributed by atoms with Crippen LogP contribution in [-0.4, -0.2) is 23.8 Å². The van der Waals surface area contributed by atoms with Crippen LogP contribution >= 0.6 is 0 Å². The van der Waals surface area contributed by atoms with E-state index >= 15 is 0 Å². The number of carbonyl (C=O) groups excluding carboxylic acids is 1. The van der Waals surface area contributed by atoms with Crippen LogP contribution in [0.4, 0.5) is 8.78 Å². The van der Waals surface area contributed by atoms with Crippen LogP contribution in [0, 0.1) is 25.1 Å².